The molecule has 0 radical (unpaired) electrons. The summed E-state index contributed by atoms with van der Waals surface area (Å²) in [6.45, 7) is -2.67. The number of hydrogen-bond acceptors (Lipinski definition) is 8. The summed E-state index contributed by atoms with van der Waals surface area (Å²) in [5.74, 6) is 0.662. The van der Waals surface area contributed by atoms with Crippen LogP contribution in [-0.4, -0.2) is 60.5 Å². The van der Waals surface area contributed by atoms with Crippen molar-refractivity contribution < 1.29 is 12.6 Å². The summed E-state index contributed by atoms with van der Waals surface area (Å²) in [6.07, 6.45) is 9.08. The molecule has 37 heavy (non-hydrogen) atoms. The molecule has 0 aliphatic carbocycles. The molecule has 4 aromatic heterocycles. The minimum absolute atomic E-state index is 0.193. The van der Waals surface area contributed by atoms with E-state index in [4.69, 9.17) is 14.0 Å². The van der Waals surface area contributed by atoms with Gasteiger partial charge in [-0.1, -0.05) is 12.1 Å². The van der Waals surface area contributed by atoms with Crippen LogP contribution in [0.4, 0.5) is 16.2 Å². The third kappa shape index (κ3) is 4.27. The summed E-state index contributed by atoms with van der Waals surface area (Å²) in [7, 11) is 0. The fourth-order valence-electron chi connectivity index (χ4n) is 4.48. The number of aromatic nitrogens is 7. The first-order valence-electron chi connectivity index (χ1n) is 14.6. The maximum absolute atomic E-state index is 13.5. The normalized spacial score (nSPS) is 18.9. The lowest BCUT2D eigenvalue weighted by Crippen LogP contribution is -2.47. The maximum Gasteiger partial charge on any atom is 0.225 e. The zero-order valence-corrected chi connectivity index (χ0v) is 19.7. The highest BCUT2D eigenvalue weighted by Gasteiger charge is 2.26. The average molecular weight is 505 g/mol. The van der Waals surface area contributed by atoms with Crippen LogP contribution in [0.25, 0.3) is 16.6 Å². The van der Waals surface area contributed by atoms with Crippen LogP contribution in [-0.2, 0) is 12.5 Å². The van der Waals surface area contributed by atoms with E-state index in [0.29, 0.717) is 37.7 Å². The van der Waals surface area contributed by atoms with Crippen LogP contribution in [0.2, 0.25) is 0 Å². The van der Waals surface area contributed by atoms with Crippen LogP contribution in [0.3, 0.4) is 0 Å². The molecule has 5 aromatic rings. The van der Waals surface area contributed by atoms with Crippen molar-refractivity contribution in [2.75, 3.05) is 36.0 Å². The SMILES string of the molecule is [2H]C([2H])([2H])n1cc(-c2cc3c(N4CCN(c5ncc(C(N)(c6ccc(F)cc6)C([2H])([2H])[2H])cn5)CC4)ncnn3c2)cn1. The maximum atomic E-state index is 13.5. The molecule has 11 heteroatoms. The van der Waals surface area contributed by atoms with Crippen LogP contribution in [0, 0.1) is 5.82 Å². The summed E-state index contributed by atoms with van der Waals surface area (Å²) in [5, 5.41) is 8.28. The predicted octanol–water partition coefficient (Wildman–Crippen LogP) is 2.61. The molecule has 2 N–H and O–H groups in total. The Morgan fingerprint density at radius 2 is 1.65 bits per heavy atom. The Labute approximate surface area is 221 Å². The Hall–Kier alpha value is -4.38. The van der Waals surface area contributed by atoms with Crippen molar-refractivity contribution in [2.45, 2.75) is 12.4 Å². The van der Waals surface area contributed by atoms with Crippen LogP contribution >= 0.6 is 0 Å². The van der Waals surface area contributed by atoms with Gasteiger partial charge in [-0.3, -0.25) is 4.68 Å². The molecule has 1 aliphatic heterocycles. The number of nitrogens with two attached hydrogens (primary N) is 1. The van der Waals surface area contributed by atoms with Gasteiger partial charge in [0.2, 0.25) is 5.95 Å². The van der Waals surface area contributed by atoms with Crippen molar-refractivity contribution in [1.29, 1.82) is 0 Å². The van der Waals surface area contributed by atoms with Gasteiger partial charge in [0.25, 0.3) is 0 Å². The number of piperazine rings is 1. The van der Waals surface area contributed by atoms with Gasteiger partial charge < -0.3 is 15.5 Å². The standard InChI is InChI=1S/C26H27FN10/c1-26(28,20-3-5-22(27)6-4-20)21-13-29-25(30-14-21)36-9-7-35(8-10-36)24-23-11-18(16-37(23)33-17-31-24)19-12-32-34(2)15-19/h3-6,11-17H,7-10,28H2,1-2H3/i1D3,2D3. The Morgan fingerprint density at radius 3 is 2.35 bits per heavy atom. The van der Waals surface area contributed by atoms with E-state index in [1.807, 2.05) is 11.0 Å². The minimum Gasteiger partial charge on any atom is -0.351 e. The Morgan fingerprint density at radius 1 is 0.892 bits per heavy atom. The lowest BCUT2D eigenvalue weighted by atomic mass is 9.87. The molecule has 1 unspecified atom stereocenters. The Balaban J connectivity index is 1.19. The largest absolute Gasteiger partial charge is 0.351 e. The zero-order valence-electron chi connectivity index (χ0n) is 25.7. The molecule has 0 spiro atoms. The summed E-state index contributed by atoms with van der Waals surface area (Å²) < 4.78 is 63.1. The topological polar surface area (TPSA) is 106 Å². The number of fused-ring (bicyclic) bond motifs is 1. The summed E-state index contributed by atoms with van der Waals surface area (Å²) in [6, 6.07) is 6.96. The first kappa shape index (κ1) is 17.1. The van der Waals surface area contributed by atoms with E-state index in [1.165, 1.54) is 55.4 Å². The number of hydrogen-bond donors (Lipinski definition) is 1. The molecule has 1 atom stereocenters. The molecule has 0 bridgehead atoms. The second kappa shape index (κ2) is 8.93. The van der Waals surface area contributed by atoms with Crippen LogP contribution in [0.1, 0.15) is 26.2 Å². The predicted molar refractivity (Wildman–Crippen MR) is 139 cm³/mol. The summed E-state index contributed by atoms with van der Waals surface area (Å²) in [5.41, 5.74) is 7.13. The fourth-order valence-corrected chi connectivity index (χ4v) is 4.48. The molecule has 1 aliphatic rings. The molecule has 1 fully saturated rings. The van der Waals surface area contributed by atoms with Crippen LogP contribution in [0.5, 0.6) is 0 Å². The number of halogens is 1. The highest BCUT2D eigenvalue weighted by atomic mass is 19.1. The quantitative estimate of drug-likeness (QED) is 0.389. The minimum atomic E-state index is -2.64. The number of aryl methyl sites for hydroxylation is 1. The number of rotatable bonds is 5. The van der Waals surface area contributed by atoms with Crippen molar-refractivity contribution in [2.24, 2.45) is 12.7 Å². The third-order valence-corrected chi connectivity index (χ3v) is 6.56. The molecule has 0 amide bonds. The van der Waals surface area contributed by atoms with Gasteiger partial charge in [-0.05, 0) is 30.6 Å². The number of anilines is 2. The molecule has 188 valence electrons. The van der Waals surface area contributed by atoms with E-state index < -0.39 is 25.2 Å². The number of nitrogens with zero attached hydrogens (tertiary/aromatic N) is 9. The van der Waals surface area contributed by atoms with Gasteiger partial charge in [0.15, 0.2) is 5.82 Å². The van der Waals surface area contributed by atoms with Gasteiger partial charge in [-0.15, -0.1) is 0 Å². The average Bonchev–Trinajstić information content (AvgIpc) is 3.65. The smallest absolute Gasteiger partial charge is 0.225 e. The molecular weight excluding hydrogens is 471 g/mol. The molecular formula is C26H27FN10. The van der Waals surface area contributed by atoms with Crippen LogP contribution < -0.4 is 15.5 Å². The van der Waals surface area contributed by atoms with Gasteiger partial charge in [0.05, 0.1) is 11.7 Å². The molecule has 10 nitrogen and oxygen atoms in total. The van der Waals surface area contributed by atoms with Crippen molar-refractivity contribution >= 4 is 17.3 Å². The van der Waals surface area contributed by atoms with E-state index in [9.17, 15) is 4.39 Å². The molecule has 6 rings (SSSR count). The second-order valence-electron chi connectivity index (χ2n) is 8.88. The monoisotopic (exact) mass is 504 g/mol. The van der Waals surface area contributed by atoms with Gasteiger partial charge in [0.1, 0.15) is 17.7 Å². The van der Waals surface area contributed by atoms with Gasteiger partial charge in [-0.25, -0.2) is 23.9 Å². The lowest BCUT2D eigenvalue weighted by Gasteiger charge is -2.35. The highest BCUT2D eigenvalue weighted by Crippen LogP contribution is 2.29. The molecule has 1 saturated heterocycles. The van der Waals surface area contributed by atoms with Crippen molar-refractivity contribution in [1.82, 2.24) is 34.3 Å². The Kier molecular flexibility index (Phi) is 4.14. The molecule has 5 heterocycles. The van der Waals surface area contributed by atoms with Crippen LogP contribution in [0.15, 0.2) is 67.6 Å². The van der Waals surface area contributed by atoms with E-state index in [-0.39, 0.29) is 11.1 Å². The summed E-state index contributed by atoms with van der Waals surface area (Å²) >= 11 is 0. The zero-order chi connectivity index (χ0) is 30.6. The first-order chi connectivity index (χ1) is 20.3. The number of benzene rings is 1. The summed E-state index contributed by atoms with van der Waals surface area (Å²) in [4.78, 5) is 17.5. The third-order valence-electron chi connectivity index (χ3n) is 6.56. The fraction of sp³-hybridized carbons (Fsp3) is 0.269. The molecule has 0 saturated carbocycles. The van der Waals surface area contributed by atoms with Crippen molar-refractivity contribution in [3.8, 4) is 11.1 Å². The van der Waals surface area contributed by atoms with Gasteiger partial charge in [-0.2, -0.15) is 10.2 Å². The molecule has 1 aromatic carbocycles. The Bertz CT molecular complexity index is 1740. The first-order valence-corrected chi connectivity index (χ1v) is 11.6. The van der Waals surface area contributed by atoms with E-state index in [1.54, 1.807) is 10.7 Å². The van der Waals surface area contributed by atoms with E-state index in [0.717, 1.165) is 21.6 Å². The highest BCUT2D eigenvalue weighted by molar-refractivity contribution is 5.77. The second-order valence-corrected chi connectivity index (χ2v) is 8.88. The van der Waals surface area contributed by atoms with Gasteiger partial charge in [0, 0.05) is 82.9 Å². The lowest BCUT2D eigenvalue weighted by molar-refractivity contribution is 0.585. The van der Waals surface area contributed by atoms with E-state index in [2.05, 4.69) is 30.0 Å². The van der Waals surface area contributed by atoms with Crippen molar-refractivity contribution in [3.63, 3.8) is 0 Å². The van der Waals surface area contributed by atoms with Gasteiger partial charge >= 0.3 is 0 Å². The van der Waals surface area contributed by atoms with Crippen molar-refractivity contribution in [3.05, 3.63) is 84.6 Å². The van der Waals surface area contributed by atoms with E-state index >= 15 is 0 Å².